The molecule has 3 heteroatoms. The number of likely N-dealkylation sites (N-methyl/N-ethyl adjacent to an activating group) is 1. The summed E-state index contributed by atoms with van der Waals surface area (Å²) >= 11 is 0. The number of hydrogen-bond acceptors (Lipinski definition) is 3. The van der Waals surface area contributed by atoms with Crippen molar-refractivity contribution in [1.82, 2.24) is 15.1 Å². The molecule has 0 spiro atoms. The largest absolute Gasteiger partial charge is 0.315 e. The predicted octanol–water partition coefficient (Wildman–Crippen LogP) is 1.40. The molecule has 0 bridgehead atoms. The monoisotopic (exact) mass is 227 g/mol. The van der Waals surface area contributed by atoms with Crippen molar-refractivity contribution < 1.29 is 0 Å². The third-order valence-electron chi connectivity index (χ3n) is 3.59. The molecule has 0 amide bonds. The smallest absolute Gasteiger partial charge is 0.0198 e. The number of piperazine rings is 1. The molecular formula is C13H29N3. The van der Waals surface area contributed by atoms with Crippen molar-refractivity contribution in [2.24, 2.45) is 0 Å². The van der Waals surface area contributed by atoms with Gasteiger partial charge in [-0.2, -0.15) is 0 Å². The topological polar surface area (TPSA) is 18.5 Å². The number of hydrogen-bond donors (Lipinski definition) is 1. The fraction of sp³-hybridized carbons (Fsp3) is 1.00. The summed E-state index contributed by atoms with van der Waals surface area (Å²) in [6.07, 6.45) is 2.58. The zero-order chi connectivity index (χ0) is 12.0. The summed E-state index contributed by atoms with van der Waals surface area (Å²) in [4.78, 5) is 5.07. The third kappa shape index (κ3) is 4.40. The molecule has 0 aliphatic carbocycles. The lowest BCUT2D eigenvalue weighted by atomic mass is 10.1. The van der Waals surface area contributed by atoms with Crippen molar-refractivity contribution in [2.45, 2.75) is 45.7 Å². The molecule has 0 aromatic carbocycles. The average molecular weight is 227 g/mol. The molecule has 2 atom stereocenters. The quantitative estimate of drug-likeness (QED) is 0.692. The summed E-state index contributed by atoms with van der Waals surface area (Å²) < 4.78 is 0. The summed E-state index contributed by atoms with van der Waals surface area (Å²) in [5.74, 6) is 0. The molecule has 1 rings (SSSR count). The van der Waals surface area contributed by atoms with Crippen LogP contribution < -0.4 is 5.32 Å². The molecule has 0 aromatic rings. The number of nitrogens with zero attached hydrogens (tertiary/aromatic N) is 2. The summed E-state index contributed by atoms with van der Waals surface area (Å²) in [5, 5.41) is 3.56. The minimum Gasteiger partial charge on any atom is -0.315 e. The van der Waals surface area contributed by atoms with Crippen LogP contribution in [0.4, 0.5) is 0 Å². The maximum Gasteiger partial charge on any atom is 0.0198 e. The van der Waals surface area contributed by atoms with Crippen molar-refractivity contribution >= 4 is 0 Å². The van der Waals surface area contributed by atoms with Crippen molar-refractivity contribution in [3.8, 4) is 0 Å². The van der Waals surface area contributed by atoms with Gasteiger partial charge in [-0.3, -0.25) is 4.90 Å². The number of unbranched alkanes of at least 4 members (excludes halogenated alkanes) is 1. The highest BCUT2D eigenvalue weighted by molar-refractivity contribution is 4.82. The van der Waals surface area contributed by atoms with Gasteiger partial charge in [-0.15, -0.1) is 0 Å². The minimum absolute atomic E-state index is 0.667. The fourth-order valence-corrected chi connectivity index (χ4v) is 2.54. The molecule has 1 saturated heterocycles. The van der Waals surface area contributed by atoms with Crippen LogP contribution in [-0.4, -0.2) is 61.7 Å². The summed E-state index contributed by atoms with van der Waals surface area (Å²) in [6.45, 7) is 12.9. The van der Waals surface area contributed by atoms with Crippen LogP contribution in [0.1, 0.15) is 33.6 Å². The Balaban J connectivity index is 2.22. The van der Waals surface area contributed by atoms with Gasteiger partial charge >= 0.3 is 0 Å². The van der Waals surface area contributed by atoms with Crippen LogP contribution in [0.25, 0.3) is 0 Å². The van der Waals surface area contributed by atoms with Gasteiger partial charge in [0, 0.05) is 38.3 Å². The van der Waals surface area contributed by atoms with E-state index in [0.717, 1.165) is 6.54 Å². The molecule has 0 aromatic heterocycles. The predicted molar refractivity (Wildman–Crippen MR) is 70.9 cm³/mol. The highest BCUT2D eigenvalue weighted by Crippen LogP contribution is 2.11. The third-order valence-corrected chi connectivity index (χ3v) is 3.59. The van der Waals surface area contributed by atoms with Gasteiger partial charge < -0.3 is 10.2 Å². The normalized spacial score (nSPS) is 25.9. The first-order chi connectivity index (χ1) is 7.65. The van der Waals surface area contributed by atoms with Crippen LogP contribution >= 0.6 is 0 Å². The Morgan fingerprint density at radius 1 is 1.38 bits per heavy atom. The zero-order valence-corrected chi connectivity index (χ0v) is 11.5. The van der Waals surface area contributed by atoms with E-state index in [1.165, 1.54) is 39.0 Å². The van der Waals surface area contributed by atoms with E-state index in [-0.39, 0.29) is 0 Å². The van der Waals surface area contributed by atoms with E-state index in [0.29, 0.717) is 12.1 Å². The maximum absolute atomic E-state index is 3.56. The van der Waals surface area contributed by atoms with E-state index in [9.17, 15) is 0 Å². The number of rotatable bonds is 6. The van der Waals surface area contributed by atoms with Crippen LogP contribution in [0, 0.1) is 0 Å². The Labute approximate surface area is 101 Å². The summed E-state index contributed by atoms with van der Waals surface area (Å²) in [7, 11) is 2.22. The number of nitrogens with one attached hydrogen (secondary N) is 1. The molecule has 1 aliphatic heterocycles. The molecule has 16 heavy (non-hydrogen) atoms. The molecular weight excluding hydrogens is 198 g/mol. The molecule has 0 radical (unpaired) electrons. The second kappa shape index (κ2) is 7.25. The lowest BCUT2D eigenvalue weighted by Gasteiger charge is -2.41. The lowest BCUT2D eigenvalue weighted by Crippen LogP contribution is -2.55. The fourth-order valence-electron chi connectivity index (χ4n) is 2.54. The molecule has 1 N–H and O–H groups in total. The van der Waals surface area contributed by atoms with Crippen LogP contribution in [0.5, 0.6) is 0 Å². The van der Waals surface area contributed by atoms with Crippen molar-refractivity contribution in [3.05, 3.63) is 0 Å². The van der Waals surface area contributed by atoms with Gasteiger partial charge in [0.25, 0.3) is 0 Å². The van der Waals surface area contributed by atoms with Gasteiger partial charge in [-0.25, -0.2) is 0 Å². The first-order valence-electron chi connectivity index (χ1n) is 6.80. The van der Waals surface area contributed by atoms with E-state index in [4.69, 9.17) is 0 Å². The van der Waals surface area contributed by atoms with Crippen LogP contribution in [0.15, 0.2) is 0 Å². The van der Waals surface area contributed by atoms with Gasteiger partial charge in [-0.1, -0.05) is 13.3 Å². The average Bonchev–Trinajstić information content (AvgIpc) is 2.24. The van der Waals surface area contributed by atoms with Gasteiger partial charge in [-0.05, 0) is 33.9 Å². The van der Waals surface area contributed by atoms with Crippen LogP contribution in [-0.2, 0) is 0 Å². The Morgan fingerprint density at radius 2 is 2.12 bits per heavy atom. The lowest BCUT2D eigenvalue weighted by molar-refractivity contribution is 0.0674. The van der Waals surface area contributed by atoms with Gasteiger partial charge in [0.15, 0.2) is 0 Å². The Hall–Kier alpha value is -0.120. The first-order valence-corrected chi connectivity index (χ1v) is 6.80. The molecule has 2 unspecified atom stereocenters. The maximum atomic E-state index is 3.56. The molecule has 1 aliphatic rings. The molecule has 1 fully saturated rings. The van der Waals surface area contributed by atoms with Crippen LogP contribution in [0.2, 0.25) is 0 Å². The van der Waals surface area contributed by atoms with E-state index in [1.54, 1.807) is 0 Å². The minimum atomic E-state index is 0.667. The molecule has 0 saturated carbocycles. The second-order valence-electron chi connectivity index (χ2n) is 5.26. The molecule has 1 heterocycles. The van der Waals surface area contributed by atoms with Crippen molar-refractivity contribution in [2.75, 3.05) is 39.8 Å². The van der Waals surface area contributed by atoms with Crippen LogP contribution in [0.3, 0.4) is 0 Å². The van der Waals surface area contributed by atoms with E-state index in [2.05, 4.69) is 42.9 Å². The zero-order valence-electron chi connectivity index (χ0n) is 11.5. The Bertz CT molecular complexity index is 184. The molecule has 3 nitrogen and oxygen atoms in total. The van der Waals surface area contributed by atoms with Crippen molar-refractivity contribution in [3.63, 3.8) is 0 Å². The van der Waals surface area contributed by atoms with Gasteiger partial charge in [0.2, 0.25) is 0 Å². The summed E-state index contributed by atoms with van der Waals surface area (Å²) in [6, 6.07) is 1.36. The highest BCUT2D eigenvalue weighted by Gasteiger charge is 2.24. The summed E-state index contributed by atoms with van der Waals surface area (Å²) in [5.41, 5.74) is 0. The second-order valence-corrected chi connectivity index (χ2v) is 5.26. The van der Waals surface area contributed by atoms with Gasteiger partial charge in [0.05, 0.1) is 0 Å². The molecule has 96 valence electrons. The van der Waals surface area contributed by atoms with E-state index in [1.807, 2.05) is 0 Å². The van der Waals surface area contributed by atoms with Crippen molar-refractivity contribution in [1.29, 1.82) is 0 Å². The van der Waals surface area contributed by atoms with E-state index < -0.39 is 0 Å². The Morgan fingerprint density at radius 3 is 2.75 bits per heavy atom. The standard InChI is InChI=1S/C13H29N3/c1-5-6-7-14-10-12(2)16-9-8-15(4)11-13(16)3/h12-14H,5-11H2,1-4H3. The first kappa shape index (κ1) is 13.9. The van der Waals surface area contributed by atoms with E-state index >= 15 is 0 Å². The SMILES string of the molecule is CCCCNCC(C)N1CCN(C)CC1C. The van der Waals surface area contributed by atoms with Gasteiger partial charge in [0.1, 0.15) is 0 Å². The Kier molecular flexibility index (Phi) is 6.32. The highest BCUT2D eigenvalue weighted by atomic mass is 15.3.